The third kappa shape index (κ3) is 4.09. The van der Waals surface area contributed by atoms with E-state index in [-0.39, 0.29) is 23.5 Å². The number of benzene rings is 2. The fourth-order valence-corrected chi connectivity index (χ4v) is 4.22. The van der Waals surface area contributed by atoms with Gasteiger partial charge in [0.05, 0.1) is 11.3 Å². The lowest BCUT2D eigenvalue weighted by Crippen LogP contribution is -2.33. The molecule has 2 aromatic carbocycles. The van der Waals surface area contributed by atoms with Crippen molar-refractivity contribution in [1.82, 2.24) is 20.1 Å². The third-order valence-electron chi connectivity index (χ3n) is 4.82. The second-order valence-corrected chi connectivity index (χ2v) is 7.74. The van der Waals surface area contributed by atoms with E-state index in [0.29, 0.717) is 16.5 Å². The summed E-state index contributed by atoms with van der Waals surface area (Å²) in [5, 5.41) is 12.1. The lowest BCUT2D eigenvalue weighted by atomic mass is 10.2. The maximum absolute atomic E-state index is 14.4. The summed E-state index contributed by atoms with van der Waals surface area (Å²) in [6.45, 7) is 0. The van der Waals surface area contributed by atoms with Gasteiger partial charge >= 0.3 is 0 Å². The van der Waals surface area contributed by atoms with E-state index >= 15 is 0 Å². The standard InChI is InChI=1S/C21H21FN4OS/c22-18-13-7-6-12-17(18)20-24-25-21(26(20)16-10-2-1-3-11-16)28-14-19(27)23-15-8-4-5-9-15/h1-3,6-7,10-13,15H,4-5,8-9,14H2,(H,23,27). The van der Waals surface area contributed by atoms with E-state index in [1.165, 1.54) is 30.7 Å². The second-order valence-electron chi connectivity index (χ2n) is 6.79. The Morgan fingerprint density at radius 3 is 2.54 bits per heavy atom. The van der Waals surface area contributed by atoms with E-state index in [4.69, 9.17) is 0 Å². The van der Waals surface area contributed by atoms with Gasteiger partial charge in [0.1, 0.15) is 5.82 Å². The van der Waals surface area contributed by atoms with Gasteiger partial charge in [-0.3, -0.25) is 9.36 Å². The van der Waals surface area contributed by atoms with Crippen LogP contribution in [0.3, 0.4) is 0 Å². The van der Waals surface area contributed by atoms with Crippen LogP contribution in [0.25, 0.3) is 17.1 Å². The Hall–Kier alpha value is -2.67. The first-order valence-electron chi connectivity index (χ1n) is 9.40. The van der Waals surface area contributed by atoms with Crippen molar-refractivity contribution in [1.29, 1.82) is 0 Å². The smallest absolute Gasteiger partial charge is 0.230 e. The van der Waals surface area contributed by atoms with Crippen LogP contribution < -0.4 is 5.32 Å². The molecule has 144 valence electrons. The molecule has 3 aromatic rings. The second kappa shape index (κ2) is 8.56. The summed E-state index contributed by atoms with van der Waals surface area (Å²) < 4.78 is 16.2. The molecular formula is C21H21FN4OS. The quantitative estimate of drug-likeness (QED) is 0.634. The molecule has 1 saturated carbocycles. The predicted molar refractivity (Wildman–Crippen MR) is 108 cm³/mol. The molecule has 1 heterocycles. The van der Waals surface area contributed by atoms with Gasteiger partial charge in [-0.25, -0.2) is 4.39 Å². The van der Waals surface area contributed by atoms with Crippen molar-refractivity contribution in [2.24, 2.45) is 0 Å². The van der Waals surface area contributed by atoms with Crippen LogP contribution in [0.5, 0.6) is 0 Å². The highest BCUT2D eigenvalue weighted by Crippen LogP contribution is 2.29. The van der Waals surface area contributed by atoms with Crippen molar-refractivity contribution in [3.63, 3.8) is 0 Å². The summed E-state index contributed by atoms with van der Waals surface area (Å²) >= 11 is 1.31. The number of rotatable bonds is 6. The molecule has 5 nitrogen and oxygen atoms in total. The average molecular weight is 396 g/mol. The largest absolute Gasteiger partial charge is 0.353 e. The zero-order valence-corrected chi connectivity index (χ0v) is 16.2. The van der Waals surface area contributed by atoms with Crippen LogP contribution in [0, 0.1) is 5.82 Å². The molecule has 1 amide bonds. The third-order valence-corrected chi connectivity index (χ3v) is 5.74. The molecule has 1 aliphatic rings. The summed E-state index contributed by atoms with van der Waals surface area (Å²) in [5.74, 6) is 0.302. The first-order valence-corrected chi connectivity index (χ1v) is 10.4. The number of hydrogen-bond donors (Lipinski definition) is 1. The van der Waals surface area contributed by atoms with E-state index in [9.17, 15) is 9.18 Å². The number of halogens is 1. The van der Waals surface area contributed by atoms with E-state index < -0.39 is 0 Å². The number of nitrogens with one attached hydrogen (secondary N) is 1. The zero-order chi connectivity index (χ0) is 19.3. The monoisotopic (exact) mass is 396 g/mol. The highest BCUT2D eigenvalue weighted by molar-refractivity contribution is 7.99. The van der Waals surface area contributed by atoms with Gasteiger partial charge in [0, 0.05) is 11.7 Å². The minimum Gasteiger partial charge on any atom is -0.353 e. The molecule has 1 aliphatic carbocycles. The maximum Gasteiger partial charge on any atom is 0.230 e. The Balaban J connectivity index is 1.60. The number of hydrogen-bond acceptors (Lipinski definition) is 4. The number of thioether (sulfide) groups is 1. The van der Waals surface area contributed by atoms with E-state index in [2.05, 4.69) is 15.5 Å². The number of aromatic nitrogens is 3. The molecule has 0 bridgehead atoms. The van der Waals surface area contributed by atoms with Crippen LogP contribution in [-0.4, -0.2) is 32.5 Å². The lowest BCUT2D eigenvalue weighted by Gasteiger charge is -2.12. The molecule has 0 saturated heterocycles. The Bertz CT molecular complexity index is 954. The summed E-state index contributed by atoms with van der Waals surface area (Å²) in [4.78, 5) is 12.3. The minimum absolute atomic E-state index is 0.00745. The van der Waals surface area contributed by atoms with Gasteiger partial charge in [0.25, 0.3) is 0 Å². The van der Waals surface area contributed by atoms with E-state index in [0.717, 1.165) is 18.5 Å². The van der Waals surface area contributed by atoms with E-state index in [1.54, 1.807) is 22.8 Å². The van der Waals surface area contributed by atoms with Crippen LogP contribution in [0.4, 0.5) is 4.39 Å². The van der Waals surface area contributed by atoms with Crippen molar-refractivity contribution in [2.45, 2.75) is 36.9 Å². The fraction of sp³-hybridized carbons (Fsp3) is 0.286. The molecule has 0 atom stereocenters. The van der Waals surface area contributed by atoms with Crippen molar-refractivity contribution in [3.05, 3.63) is 60.4 Å². The molecule has 4 rings (SSSR count). The van der Waals surface area contributed by atoms with E-state index in [1.807, 2.05) is 30.3 Å². The van der Waals surface area contributed by atoms with Gasteiger partial charge in [-0.15, -0.1) is 10.2 Å². The average Bonchev–Trinajstić information content (AvgIpc) is 3.37. The molecule has 0 unspecified atom stereocenters. The van der Waals surface area contributed by atoms with Gasteiger partial charge in [-0.1, -0.05) is 54.9 Å². The number of nitrogens with zero attached hydrogens (tertiary/aromatic N) is 3. The predicted octanol–water partition coefficient (Wildman–Crippen LogP) is 4.22. The fourth-order valence-electron chi connectivity index (χ4n) is 3.46. The molecule has 0 spiro atoms. The maximum atomic E-state index is 14.4. The first kappa shape index (κ1) is 18.7. The van der Waals surface area contributed by atoms with Crippen molar-refractivity contribution in [2.75, 3.05) is 5.75 Å². The Morgan fingerprint density at radius 1 is 1.07 bits per heavy atom. The summed E-state index contributed by atoms with van der Waals surface area (Å²) in [6.07, 6.45) is 4.45. The van der Waals surface area contributed by atoms with Crippen molar-refractivity contribution >= 4 is 17.7 Å². The molecule has 1 fully saturated rings. The number of para-hydroxylation sites is 1. The van der Waals surface area contributed by atoms with Crippen molar-refractivity contribution in [3.8, 4) is 17.1 Å². The summed E-state index contributed by atoms with van der Waals surface area (Å²) in [5.41, 5.74) is 1.20. The normalized spacial score (nSPS) is 14.3. The Kier molecular flexibility index (Phi) is 5.71. The SMILES string of the molecule is O=C(CSc1nnc(-c2ccccc2F)n1-c1ccccc1)NC1CCCC1. The molecule has 0 aliphatic heterocycles. The molecule has 0 radical (unpaired) electrons. The number of amides is 1. The van der Waals surface area contributed by atoms with Gasteiger partial charge in [-0.2, -0.15) is 0 Å². The van der Waals surface area contributed by atoms with Crippen LogP contribution in [0.2, 0.25) is 0 Å². The molecule has 28 heavy (non-hydrogen) atoms. The Morgan fingerprint density at radius 2 is 1.79 bits per heavy atom. The summed E-state index contributed by atoms with van der Waals surface area (Å²) in [7, 11) is 0. The summed E-state index contributed by atoms with van der Waals surface area (Å²) in [6, 6.07) is 16.3. The molecule has 1 N–H and O–H groups in total. The van der Waals surface area contributed by atoms with Crippen molar-refractivity contribution < 1.29 is 9.18 Å². The molecular weight excluding hydrogens is 375 g/mol. The highest BCUT2D eigenvalue weighted by Gasteiger charge is 2.21. The first-order chi connectivity index (χ1) is 13.7. The molecule has 1 aromatic heterocycles. The van der Waals surface area contributed by atoms with Crippen LogP contribution in [0.1, 0.15) is 25.7 Å². The zero-order valence-electron chi connectivity index (χ0n) is 15.3. The Labute approximate surface area is 167 Å². The number of carbonyl (C=O) groups excluding carboxylic acids is 1. The van der Waals surface area contributed by atoms with Crippen LogP contribution in [0.15, 0.2) is 59.8 Å². The van der Waals surface area contributed by atoms with Crippen LogP contribution >= 0.6 is 11.8 Å². The van der Waals surface area contributed by atoms with Crippen LogP contribution in [-0.2, 0) is 4.79 Å². The molecule has 7 heteroatoms. The van der Waals surface area contributed by atoms with Gasteiger partial charge in [0.2, 0.25) is 5.91 Å². The lowest BCUT2D eigenvalue weighted by molar-refractivity contribution is -0.119. The highest BCUT2D eigenvalue weighted by atomic mass is 32.2. The minimum atomic E-state index is -0.359. The number of carbonyl (C=O) groups is 1. The van der Waals surface area contributed by atoms with Gasteiger partial charge in [0.15, 0.2) is 11.0 Å². The van der Waals surface area contributed by atoms with Gasteiger partial charge in [-0.05, 0) is 37.1 Å². The van der Waals surface area contributed by atoms with Gasteiger partial charge < -0.3 is 5.32 Å². The topological polar surface area (TPSA) is 59.8 Å².